The molecule has 0 aliphatic rings. The van der Waals surface area contributed by atoms with E-state index in [0.29, 0.717) is 0 Å². The van der Waals surface area contributed by atoms with E-state index in [4.69, 9.17) is 10.5 Å². The van der Waals surface area contributed by atoms with Gasteiger partial charge in [0.2, 0.25) is 5.91 Å². The van der Waals surface area contributed by atoms with Crippen LogP contribution in [0.25, 0.3) is 0 Å². The number of primary amides is 1. The van der Waals surface area contributed by atoms with Crippen molar-refractivity contribution in [2.24, 2.45) is 11.7 Å². The van der Waals surface area contributed by atoms with Crippen LogP contribution in [-0.4, -0.2) is 24.1 Å². The molecule has 0 saturated heterocycles. The average Bonchev–Trinajstić information content (AvgIpc) is 1.96. The highest BCUT2D eigenvalue weighted by Gasteiger charge is 2.17. The van der Waals surface area contributed by atoms with Gasteiger partial charge in [0.25, 0.3) is 0 Å². The first-order valence-corrected chi connectivity index (χ1v) is 4.48. The number of hydrogen-bond acceptors (Lipinski definition) is 3. The van der Waals surface area contributed by atoms with Gasteiger partial charge in [0, 0.05) is 6.54 Å². The topological polar surface area (TPSA) is 81.4 Å². The SMILES string of the molecule is C[C@H](CNC(=O)OC(C)(C)C)C(N)=O. The van der Waals surface area contributed by atoms with Crippen LogP contribution in [0.15, 0.2) is 0 Å². The lowest BCUT2D eigenvalue weighted by molar-refractivity contribution is -0.121. The Morgan fingerprint density at radius 1 is 1.43 bits per heavy atom. The smallest absolute Gasteiger partial charge is 0.407 e. The standard InChI is InChI=1S/C9H18N2O3/c1-6(7(10)12)5-11-8(13)14-9(2,3)4/h6H,5H2,1-4H3,(H2,10,12)(H,11,13)/t6-/m1/s1. The molecule has 0 radical (unpaired) electrons. The molecule has 0 aromatic heterocycles. The van der Waals surface area contributed by atoms with E-state index in [0.717, 1.165) is 0 Å². The van der Waals surface area contributed by atoms with Crippen LogP contribution in [0.5, 0.6) is 0 Å². The number of amides is 2. The molecule has 82 valence electrons. The van der Waals surface area contributed by atoms with Gasteiger partial charge in [0.05, 0.1) is 5.92 Å². The summed E-state index contributed by atoms with van der Waals surface area (Å²) in [6.45, 7) is 7.14. The Labute approximate surface area is 84.0 Å². The molecule has 0 aliphatic heterocycles. The fourth-order valence-electron chi connectivity index (χ4n) is 0.651. The Kier molecular flexibility index (Phi) is 4.40. The summed E-state index contributed by atoms with van der Waals surface area (Å²) >= 11 is 0. The third kappa shape index (κ3) is 6.28. The maximum atomic E-state index is 11.1. The van der Waals surface area contributed by atoms with Crippen molar-refractivity contribution >= 4 is 12.0 Å². The Balaban J connectivity index is 3.81. The van der Waals surface area contributed by atoms with E-state index < -0.39 is 17.6 Å². The second kappa shape index (κ2) is 4.83. The minimum absolute atomic E-state index is 0.199. The highest BCUT2D eigenvalue weighted by Crippen LogP contribution is 2.06. The first-order valence-electron chi connectivity index (χ1n) is 4.48. The van der Waals surface area contributed by atoms with Crippen molar-refractivity contribution in [3.63, 3.8) is 0 Å². The van der Waals surface area contributed by atoms with E-state index in [-0.39, 0.29) is 12.5 Å². The monoisotopic (exact) mass is 202 g/mol. The summed E-state index contributed by atoms with van der Waals surface area (Å²) < 4.78 is 4.97. The van der Waals surface area contributed by atoms with Crippen molar-refractivity contribution in [1.29, 1.82) is 0 Å². The number of nitrogens with one attached hydrogen (secondary N) is 1. The molecule has 5 heteroatoms. The van der Waals surface area contributed by atoms with Gasteiger partial charge in [-0.05, 0) is 20.8 Å². The van der Waals surface area contributed by atoms with Crippen molar-refractivity contribution in [2.45, 2.75) is 33.3 Å². The summed E-state index contributed by atoms with van der Waals surface area (Å²) in [5.41, 5.74) is 4.49. The normalized spacial score (nSPS) is 13.1. The molecule has 0 spiro atoms. The Morgan fingerprint density at radius 2 is 1.93 bits per heavy atom. The molecule has 0 aromatic carbocycles. The third-order valence-corrected chi connectivity index (χ3v) is 1.44. The summed E-state index contributed by atoms with van der Waals surface area (Å²) in [6, 6.07) is 0. The summed E-state index contributed by atoms with van der Waals surface area (Å²) in [7, 11) is 0. The number of hydrogen-bond donors (Lipinski definition) is 2. The first-order chi connectivity index (χ1) is 6.22. The number of nitrogens with two attached hydrogens (primary N) is 1. The van der Waals surface area contributed by atoms with Gasteiger partial charge < -0.3 is 15.8 Å². The maximum Gasteiger partial charge on any atom is 0.407 e. The molecule has 14 heavy (non-hydrogen) atoms. The number of ether oxygens (including phenoxy) is 1. The van der Waals surface area contributed by atoms with Gasteiger partial charge in [-0.25, -0.2) is 4.79 Å². The Hall–Kier alpha value is -1.26. The quantitative estimate of drug-likeness (QED) is 0.704. The van der Waals surface area contributed by atoms with Crippen LogP contribution < -0.4 is 11.1 Å². The zero-order valence-electron chi connectivity index (χ0n) is 9.09. The van der Waals surface area contributed by atoms with Crippen molar-refractivity contribution in [1.82, 2.24) is 5.32 Å². The molecule has 0 unspecified atom stereocenters. The zero-order valence-corrected chi connectivity index (χ0v) is 9.09. The molecule has 0 heterocycles. The molecule has 0 saturated carbocycles. The van der Waals surface area contributed by atoms with Gasteiger partial charge in [-0.3, -0.25) is 4.79 Å². The van der Waals surface area contributed by atoms with Crippen LogP contribution in [-0.2, 0) is 9.53 Å². The van der Waals surface area contributed by atoms with Crippen molar-refractivity contribution in [3.8, 4) is 0 Å². The summed E-state index contributed by atoms with van der Waals surface area (Å²) in [5.74, 6) is -0.830. The number of carbonyl (C=O) groups excluding carboxylic acids is 2. The van der Waals surface area contributed by atoms with E-state index in [1.807, 2.05) is 0 Å². The highest BCUT2D eigenvalue weighted by molar-refractivity contribution is 5.77. The van der Waals surface area contributed by atoms with Crippen LogP contribution in [0.4, 0.5) is 4.79 Å². The maximum absolute atomic E-state index is 11.1. The molecule has 0 rings (SSSR count). The van der Waals surface area contributed by atoms with Gasteiger partial charge in [0.15, 0.2) is 0 Å². The van der Waals surface area contributed by atoms with Gasteiger partial charge in [-0.15, -0.1) is 0 Å². The molecule has 3 N–H and O–H groups in total. The van der Waals surface area contributed by atoms with E-state index in [1.54, 1.807) is 27.7 Å². The second-order valence-corrected chi connectivity index (χ2v) is 4.19. The van der Waals surface area contributed by atoms with E-state index in [2.05, 4.69) is 5.32 Å². The zero-order chi connectivity index (χ0) is 11.4. The summed E-state index contributed by atoms with van der Waals surface area (Å²) in [6.07, 6.45) is -0.536. The third-order valence-electron chi connectivity index (χ3n) is 1.44. The number of rotatable bonds is 3. The van der Waals surface area contributed by atoms with Gasteiger partial charge in [-0.2, -0.15) is 0 Å². The molecule has 5 nitrogen and oxygen atoms in total. The van der Waals surface area contributed by atoms with Crippen LogP contribution in [0.1, 0.15) is 27.7 Å². The highest BCUT2D eigenvalue weighted by atomic mass is 16.6. The lowest BCUT2D eigenvalue weighted by Gasteiger charge is -2.20. The lowest BCUT2D eigenvalue weighted by Crippen LogP contribution is -2.37. The average molecular weight is 202 g/mol. The van der Waals surface area contributed by atoms with Gasteiger partial charge >= 0.3 is 6.09 Å². The van der Waals surface area contributed by atoms with Crippen molar-refractivity contribution in [3.05, 3.63) is 0 Å². The predicted molar refractivity (Wildman–Crippen MR) is 52.6 cm³/mol. The minimum Gasteiger partial charge on any atom is -0.444 e. The van der Waals surface area contributed by atoms with Crippen LogP contribution in [0.2, 0.25) is 0 Å². The molecule has 0 aliphatic carbocycles. The second-order valence-electron chi connectivity index (χ2n) is 4.19. The molecule has 0 fully saturated rings. The molecular formula is C9H18N2O3. The fraction of sp³-hybridized carbons (Fsp3) is 0.778. The molecular weight excluding hydrogens is 184 g/mol. The fourth-order valence-corrected chi connectivity index (χ4v) is 0.651. The molecule has 0 bridgehead atoms. The largest absolute Gasteiger partial charge is 0.444 e. The van der Waals surface area contributed by atoms with Crippen molar-refractivity contribution in [2.75, 3.05) is 6.54 Å². The lowest BCUT2D eigenvalue weighted by atomic mass is 10.2. The van der Waals surface area contributed by atoms with Crippen LogP contribution >= 0.6 is 0 Å². The molecule has 1 atom stereocenters. The van der Waals surface area contributed by atoms with Crippen molar-refractivity contribution < 1.29 is 14.3 Å². The molecule has 2 amide bonds. The Bertz CT molecular complexity index is 221. The van der Waals surface area contributed by atoms with E-state index >= 15 is 0 Å². The van der Waals surface area contributed by atoms with E-state index in [1.165, 1.54) is 0 Å². The van der Waals surface area contributed by atoms with Crippen LogP contribution in [0.3, 0.4) is 0 Å². The number of carbonyl (C=O) groups is 2. The minimum atomic E-state index is -0.536. The first kappa shape index (κ1) is 12.7. The van der Waals surface area contributed by atoms with Gasteiger partial charge in [0.1, 0.15) is 5.60 Å². The summed E-state index contributed by atoms with van der Waals surface area (Å²) in [5, 5.41) is 2.46. The summed E-state index contributed by atoms with van der Waals surface area (Å²) in [4.78, 5) is 21.7. The number of alkyl carbamates (subject to hydrolysis) is 1. The van der Waals surface area contributed by atoms with E-state index in [9.17, 15) is 9.59 Å². The van der Waals surface area contributed by atoms with Gasteiger partial charge in [-0.1, -0.05) is 6.92 Å². The van der Waals surface area contributed by atoms with Crippen LogP contribution in [0, 0.1) is 5.92 Å². The Morgan fingerprint density at radius 3 is 2.29 bits per heavy atom. The molecule has 0 aromatic rings. The predicted octanol–water partition coefficient (Wildman–Crippen LogP) is 0.633.